The topological polar surface area (TPSA) is 74.8 Å². The van der Waals surface area contributed by atoms with E-state index in [-0.39, 0.29) is 0 Å². The van der Waals surface area contributed by atoms with Crippen LogP contribution < -0.4 is 16.0 Å². The van der Waals surface area contributed by atoms with Gasteiger partial charge in [0.15, 0.2) is 16.6 Å². The molecular weight excluding hydrogens is 380 g/mol. The van der Waals surface area contributed by atoms with Crippen molar-refractivity contribution in [2.45, 2.75) is 6.92 Å². The summed E-state index contributed by atoms with van der Waals surface area (Å²) in [6.45, 7) is 2.73. The standard InChI is InChI=1S/C22H20N6S/c1-2-23-22(29)28-19-13-12-18-21(26-19)27-20(14-24-18)25-17-10-8-16(9-11-17)15-6-4-3-5-7-15/h3-14H,2H2,1H3,(H3,23,25,26,27,28,29). The van der Waals surface area contributed by atoms with Crippen molar-refractivity contribution in [3.05, 3.63) is 72.9 Å². The van der Waals surface area contributed by atoms with Gasteiger partial charge >= 0.3 is 0 Å². The minimum Gasteiger partial charge on any atom is -0.363 e. The zero-order chi connectivity index (χ0) is 20.1. The fourth-order valence-corrected chi connectivity index (χ4v) is 3.12. The number of pyridine rings is 1. The van der Waals surface area contributed by atoms with Gasteiger partial charge in [-0.1, -0.05) is 42.5 Å². The second-order valence-corrected chi connectivity index (χ2v) is 6.76. The molecule has 0 amide bonds. The molecule has 0 radical (unpaired) electrons. The molecule has 144 valence electrons. The maximum absolute atomic E-state index is 5.21. The van der Waals surface area contributed by atoms with Crippen molar-refractivity contribution in [2.24, 2.45) is 0 Å². The molecule has 0 aliphatic heterocycles. The Balaban J connectivity index is 1.52. The van der Waals surface area contributed by atoms with Crippen LogP contribution in [-0.4, -0.2) is 26.6 Å². The van der Waals surface area contributed by atoms with Crippen molar-refractivity contribution in [3.63, 3.8) is 0 Å². The fourth-order valence-electron chi connectivity index (χ4n) is 2.87. The second-order valence-electron chi connectivity index (χ2n) is 6.35. The molecule has 0 aliphatic rings. The molecule has 4 aromatic rings. The molecule has 29 heavy (non-hydrogen) atoms. The van der Waals surface area contributed by atoms with E-state index in [4.69, 9.17) is 12.2 Å². The molecule has 0 saturated carbocycles. The Kier molecular flexibility index (Phi) is 5.58. The molecule has 2 aromatic heterocycles. The van der Waals surface area contributed by atoms with E-state index in [1.807, 2.05) is 49.4 Å². The van der Waals surface area contributed by atoms with Crippen LogP contribution in [0.15, 0.2) is 72.9 Å². The van der Waals surface area contributed by atoms with Gasteiger partial charge in [-0.2, -0.15) is 0 Å². The lowest BCUT2D eigenvalue weighted by Crippen LogP contribution is -2.28. The van der Waals surface area contributed by atoms with Crippen LogP contribution in [0, 0.1) is 0 Å². The molecule has 7 heteroatoms. The Bertz CT molecular complexity index is 1130. The monoisotopic (exact) mass is 400 g/mol. The average Bonchev–Trinajstić information content (AvgIpc) is 2.75. The predicted octanol–water partition coefficient (Wildman–Crippen LogP) is 4.74. The average molecular weight is 401 g/mol. The summed E-state index contributed by atoms with van der Waals surface area (Å²) in [7, 11) is 0. The van der Waals surface area contributed by atoms with Crippen molar-refractivity contribution < 1.29 is 0 Å². The maximum Gasteiger partial charge on any atom is 0.182 e. The molecule has 0 aliphatic carbocycles. The van der Waals surface area contributed by atoms with Crippen molar-refractivity contribution in [1.29, 1.82) is 0 Å². The number of nitrogens with zero attached hydrogens (tertiary/aromatic N) is 3. The van der Waals surface area contributed by atoms with Crippen LogP contribution in [0.5, 0.6) is 0 Å². The lowest BCUT2D eigenvalue weighted by atomic mass is 10.1. The summed E-state index contributed by atoms with van der Waals surface area (Å²) in [6, 6.07) is 22.2. The Morgan fingerprint density at radius 1 is 0.862 bits per heavy atom. The molecular formula is C22H20N6S. The fraction of sp³-hybridized carbons (Fsp3) is 0.0909. The van der Waals surface area contributed by atoms with Crippen molar-refractivity contribution in [2.75, 3.05) is 17.2 Å². The number of benzene rings is 2. The molecule has 0 saturated heterocycles. The van der Waals surface area contributed by atoms with Crippen LogP contribution in [0.25, 0.3) is 22.3 Å². The van der Waals surface area contributed by atoms with E-state index in [1.165, 1.54) is 5.56 Å². The molecule has 0 fully saturated rings. The summed E-state index contributed by atoms with van der Waals surface area (Å²) in [5, 5.41) is 9.89. The summed E-state index contributed by atoms with van der Waals surface area (Å²) in [5.41, 5.74) is 4.54. The third-order valence-electron chi connectivity index (χ3n) is 4.25. The number of thiocarbonyl (C=S) groups is 1. The first kappa shape index (κ1) is 18.8. The van der Waals surface area contributed by atoms with E-state index >= 15 is 0 Å². The number of aromatic nitrogens is 3. The van der Waals surface area contributed by atoms with Crippen LogP contribution in [-0.2, 0) is 0 Å². The smallest absolute Gasteiger partial charge is 0.182 e. The van der Waals surface area contributed by atoms with Gasteiger partial charge in [0.1, 0.15) is 11.3 Å². The van der Waals surface area contributed by atoms with Crippen LogP contribution in [0.2, 0.25) is 0 Å². The number of rotatable bonds is 5. The quantitative estimate of drug-likeness (QED) is 0.418. The van der Waals surface area contributed by atoms with Crippen molar-refractivity contribution >= 4 is 45.8 Å². The van der Waals surface area contributed by atoms with Gasteiger partial charge in [-0.15, -0.1) is 0 Å². The lowest BCUT2D eigenvalue weighted by molar-refractivity contribution is 0.978. The molecule has 6 nitrogen and oxygen atoms in total. The van der Waals surface area contributed by atoms with Gasteiger partial charge in [-0.25, -0.2) is 15.0 Å². The van der Waals surface area contributed by atoms with Crippen LogP contribution >= 0.6 is 12.2 Å². The van der Waals surface area contributed by atoms with Gasteiger partial charge in [0.05, 0.1) is 6.20 Å². The zero-order valence-corrected chi connectivity index (χ0v) is 16.7. The number of fused-ring (bicyclic) bond motifs is 1. The van der Waals surface area contributed by atoms with Crippen molar-refractivity contribution in [1.82, 2.24) is 20.3 Å². The predicted molar refractivity (Wildman–Crippen MR) is 122 cm³/mol. The van der Waals surface area contributed by atoms with E-state index < -0.39 is 0 Å². The van der Waals surface area contributed by atoms with Gasteiger partial charge < -0.3 is 16.0 Å². The lowest BCUT2D eigenvalue weighted by Gasteiger charge is -2.09. The van der Waals surface area contributed by atoms with E-state index in [1.54, 1.807) is 6.20 Å². The van der Waals surface area contributed by atoms with Crippen LogP contribution in [0.4, 0.5) is 17.3 Å². The Morgan fingerprint density at radius 2 is 1.59 bits per heavy atom. The van der Waals surface area contributed by atoms with E-state index in [9.17, 15) is 0 Å². The summed E-state index contributed by atoms with van der Waals surface area (Å²) in [6.07, 6.45) is 1.70. The highest BCUT2D eigenvalue weighted by Crippen LogP contribution is 2.23. The van der Waals surface area contributed by atoms with Gasteiger partial charge in [-0.3, -0.25) is 0 Å². The molecule has 4 rings (SSSR count). The largest absolute Gasteiger partial charge is 0.363 e. The van der Waals surface area contributed by atoms with Crippen LogP contribution in [0.3, 0.4) is 0 Å². The molecule has 0 unspecified atom stereocenters. The van der Waals surface area contributed by atoms with E-state index in [0.717, 1.165) is 23.3 Å². The molecule has 2 heterocycles. The molecule has 0 atom stereocenters. The third-order valence-corrected chi connectivity index (χ3v) is 4.50. The summed E-state index contributed by atoms with van der Waals surface area (Å²) < 4.78 is 0. The third kappa shape index (κ3) is 4.64. The number of hydrogen-bond donors (Lipinski definition) is 3. The SMILES string of the molecule is CCNC(=S)Nc1ccc2ncc(Nc3ccc(-c4ccccc4)cc3)nc2n1. The zero-order valence-electron chi connectivity index (χ0n) is 15.9. The second kappa shape index (κ2) is 8.62. The number of nitrogens with one attached hydrogen (secondary N) is 3. The number of hydrogen-bond acceptors (Lipinski definition) is 5. The molecule has 3 N–H and O–H groups in total. The molecule has 2 aromatic carbocycles. The molecule has 0 spiro atoms. The maximum atomic E-state index is 5.21. The van der Waals surface area contributed by atoms with E-state index in [2.05, 4.69) is 55.2 Å². The van der Waals surface area contributed by atoms with Gasteiger partial charge in [-0.05, 0) is 54.5 Å². The highest BCUT2D eigenvalue weighted by atomic mass is 32.1. The summed E-state index contributed by atoms with van der Waals surface area (Å²) >= 11 is 5.21. The normalized spacial score (nSPS) is 10.5. The first-order chi connectivity index (χ1) is 14.2. The Morgan fingerprint density at radius 3 is 2.34 bits per heavy atom. The van der Waals surface area contributed by atoms with Gasteiger partial charge in [0.25, 0.3) is 0 Å². The Hall–Kier alpha value is -3.58. The van der Waals surface area contributed by atoms with E-state index in [0.29, 0.717) is 22.4 Å². The molecule has 0 bridgehead atoms. The summed E-state index contributed by atoms with van der Waals surface area (Å²) in [5.74, 6) is 1.26. The highest BCUT2D eigenvalue weighted by molar-refractivity contribution is 7.80. The first-order valence-electron chi connectivity index (χ1n) is 9.32. The van der Waals surface area contributed by atoms with Crippen LogP contribution in [0.1, 0.15) is 6.92 Å². The summed E-state index contributed by atoms with van der Waals surface area (Å²) in [4.78, 5) is 13.5. The number of anilines is 3. The van der Waals surface area contributed by atoms with Gasteiger partial charge in [0, 0.05) is 12.2 Å². The minimum atomic E-state index is 0.528. The first-order valence-corrected chi connectivity index (χ1v) is 9.73. The van der Waals surface area contributed by atoms with Crippen molar-refractivity contribution in [3.8, 4) is 11.1 Å². The Labute approximate surface area is 174 Å². The highest BCUT2D eigenvalue weighted by Gasteiger charge is 2.05. The minimum absolute atomic E-state index is 0.528. The van der Waals surface area contributed by atoms with Gasteiger partial charge in [0.2, 0.25) is 0 Å².